The van der Waals surface area contributed by atoms with E-state index in [2.05, 4.69) is 22.0 Å². The van der Waals surface area contributed by atoms with Crippen LogP contribution < -0.4 is 10.6 Å². The van der Waals surface area contributed by atoms with Crippen molar-refractivity contribution in [1.29, 1.82) is 0 Å². The Morgan fingerprint density at radius 2 is 2.38 bits per heavy atom. The Kier molecular flexibility index (Phi) is 5.13. The van der Waals surface area contributed by atoms with Crippen LogP contribution in [-0.4, -0.2) is 39.0 Å². The van der Waals surface area contributed by atoms with Gasteiger partial charge in [0.1, 0.15) is 5.76 Å². The number of nitrogens with zero attached hydrogens (tertiary/aromatic N) is 4. The lowest BCUT2D eigenvalue weighted by Gasteiger charge is -2.31. The minimum atomic E-state index is -0.363. The van der Waals surface area contributed by atoms with Crippen molar-refractivity contribution in [3.63, 3.8) is 0 Å². The van der Waals surface area contributed by atoms with E-state index >= 15 is 0 Å². The molecule has 7 nitrogen and oxygen atoms in total. The van der Waals surface area contributed by atoms with E-state index in [9.17, 15) is 4.79 Å². The van der Waals surface area contributed by atoms with Crippen LogP contribution in [0, 0.1) is 5.92 Å². The molecule has 2 aromatic heterocycles. The van der Waals surface area contributed by atoms with E-state index < -0.39 is 0 Å². The third kappa shape index (κ3) is 3.75. The van der Waals surface area contributed by atoms with Crippen LogP contribution >= 0.6 is 11.8 Å². The SMILES string of the molecule is C[C@@H]1CCCN(c2nnc(S[C@H](C)C(N)=O)n2Cc2ccco2)C1. The summed E-state index contributed by atoms with van der Waals surface area (Å²) in [5.41, 5.74) is 5.39. The predicted molar refractivity (Wildman–Crippen MR) is 93.0 cm³/mol. The summed E-state index contributed by atoms with van der Waals surface area (Å²) in [5.74, 6) is 1.93. The molecular weight excluding hydrogens is 326 g/mol. The number of carbonyl (C=O) groups excluding carboxylic acids is 1. The number of amides is 1. The molecule has 1 fully saturated rings. The number of furan rings is 1. The van der Waals surface area contributed by atoms with Gasteiger partial charge in [0, 0.05) is 13.1 Å². The molecule has 0 radical (unpaired) electrons. The predicted octanol–water partition coefficient (Wildman–Crippen LogP) is 2.12. The van der Waals surface area contributed by atoms with E-state index in [4.69, 9.17) is 10.2 Å². The molecule has 1 saturated heterocycles. The summed E-state index contributed by atoms with van der Waals surface area (Å²) in [6.45, 7) is 6.50. The van der Waals surface area contributed by atoms with Gasteiger partial charge < -0.3 is 15.1 Å². The number of rotatable bonds is 6. The smallest absolute Gasteiger partial charge is 0.230 e. The number of thioether (sulfide) groups is 1. The second-order valence-corrected chi connectivity index (χ2v) is 7.61. The minimum absolute atomic E-state index is 0.360. The van der Waals surface area contributed by atoms with Crippen LogP contribution in [0.15, 0.2) is 28.0 Å². The topological polar surface area (TPSA) is 90.2 Å². The summed E-state index contributed by atoms with van der Waals surface area (Å²) in [4.78, 5) is 13.7. The average molecular weight is 349 g/mol. The Bertz CT molecular complexity index is 685. The number of piperidine rings is 1. The van der Waals surface area contributed by atoms with E-state index in [0.717, 1.165) is 31.2 Å². The van der Waals surface area contributed by atoms with Crippen LogP contribution in [0.1, 0.15) is 32.4 Å². The number of primary amides is 1. The fourth-order valence-corrected chi connectivity index (χ4v) is 3.68. The number of anilines is 1. The Morgan fingerprint density at radius 3 is 3.04 bits per heavy atom. The highest BCUT2D eigenvalue weighted by atomic mass is 32.2. The summed E-state index contributed by atoms with van der Waals surface area (Å²) >= 11 is 1.33. The van der Waals surface area contributed by atoms with Crippen LogP contribution in [0.3, 0.4) is 0 Å². The Morgan fingerprint density at radius 1 is 1.54 bits per heavy atom. The standard InChI is InChI=1S/C16H23N5O2S/c1-11-5-3-7-20(9-11)15-18-19-16(24-12(2)14(17)22)21(15)10-13-6-4-8-23-13/h4,6,8,11-12H,3,5,7,9-10H2,1-2H3,(H2,17,22)/t11-,12-/m1/s1. The maximum atomic E-state index is 11.4. The first-order valence-electron chi connectivity index (χ1n) is 8.21. The van der Waals surface area contributed by atoms with Crippen LogP contribution in [0.25, 0.3) is 0 Å². The van der Waals surface area contributed by atoms with Gasteiger partial charge in [-0.1, -0.05) is 18.7 Å². The molecule has 0 saturated carbocycles. The minimum Gasteiger partial charge on any atom is -0.467 e. The monoisotopic (exact) mass is 349 g/mol. The second-order valence-electron chi connectivity index (χ2n) is 6.30. The fourth-order valence-electron chi connectivity index (χ4n) is 2.89. The summed E-state index contributed by atoms with van der Waals surface area (Å²) in [6, 6.07) is 3.79. The van der Waals surface area contributed by atoms with Crippen molar-refractivity contribution in [3.05, 3.63) is 24.2 Å². The van der Waals surface area contributed by atoms with Crippen LogP contribution in [0.2, 0.25) is 0 Å². The molecule has 0 spiro atoms. The lowest BCUT2D eigenvalue weighted by molar-refractivity contribution is -0.117. The molecule has 1 aliphatic heterocycles. The first-order chi connectivity index (χ1) is 11.5. The number of aromatic nitrogens is 3. The lowest BCUT2D eigenvalue weighted by atomic mass is 10.0. The molecule has 3 heterocycles. The Labute approximate surface area is 145 Å². The Balaban J connectivity index is 1.89. The molecule has 0 aromatic carbocycles. The molecule has 3 rings (SSSR count). The van der Waals surface area contributed by atoms with Crippen molar-refractivity contribution in [3.8, 4) is 0 Å². The number of carbonyl (C=O) groups is 1. The van der Waals surface area contributed by atoms with Crippen LogP contribution in [0.4, 0.5) is 5.95 Å². The van der Waals surface area contributed by atoms with Gasteiger partial charge in [0.15, 0.2) is 5.16 Å². The molecule has 2 aromatic rings. The molecule has 0 aliphatic carbocycles. The highest BCUT2D eigenvalue weighted by Crippen LogP contribution is 2.29. The molecule has 24 heavy (non-hydrogen) atoms. The first-order valence-corrected chi connectivity index (χ1v) is 9.09. The van der Waals surface area contributed by atoms with Crippen molar-refractivity contribution >= 4 is 23.6 Å². The zero-order valence-corrected chi connectivity index (χ0v) is 14.8. The maximum Gasteiger partial charge on any atom is 0.230 e. The van der Waals surface area contributed by atoms with Gasteiger partial charge in [-0.25, -0.2) is 0 Å². The van der Waals surface area contributed by atoms with Gasteiger partial charge in [-0.3, -0.25) is 9.36 Å². The first kappa shape index (κ1) is 16.9. The van der Waals surface area contributed by atoms with Crippen molar-refractivity contribution in [2.45, 2.75) is 43.6 Å². The van der Waals surface area contributed by atoms with E-state index in [1.807, 2.05) is 16.7 Å². The molecule has 2 N–H and O–H groups in total. The normalized spacial score (nSPS) is 19.4. The highest BCUT2D eigenvalue weighted by molar-refractivity contribution is 8.00. The molecule has 1 aliphatic rings. The third-order valence-corrected chi connectivity index (χ3v) is 5.31. The van der Waals surface area contributed by atoms with Gasteiger partial charge >= 0.3 is 0 Å². The molecule has 1 amide bonds. The molecular formula is C16H23N5O2S. The molecule has 0 unspecified atom stereocenters. The highest BCUT2D eigenvalue weighted by Gasteiger charge is 2.25. The van der Waals surface area contributed by atoms with Crippen molar-refractivity contribution < 1.29 is 9.21 Å². The summed E-state index contributed by atoms with van der Waals surface area (Å²) in [5, 5.41) is 9.02. The van der Waals surface area contributed by atoms with Gasteiger partial charge in [0.2, 0.25) is 11.9 Å². The molecule has 2 atom stereocenters. The van der Waals surface area contributed by atoms with Crippen molar-refractivity contribution in [2.75, 3.05) is 18.0 Å². The van der Waals surface area contributed by atoms with Crippen LogP contribution in [0.5, 0.6) is 0 Å². The number of hydrogen-bond donors (Lipinski definition) is 1. The van der Waals surface area contributed by atoms with Crippen molar-refractivity contribution in [2.24, 2.45) is 11.7 Å². The number of hydrogen-bond acceptors (Lipinski definition) is 6. The van der Waals surface area contributed by atoms with Gasteiger partial charge in [-0.2, -0.15) is 0 Å². The molecule has 8 heteroatoms. The second kappa shape index (κ2) is 7.29. The van der Waals surface area contributed by atoms with E-state index in [1.54, 1.807) is 13.2 Å². The lowest BCUT2D eigenvalue weighted by Crippen LogP contribution is -2.36. The van der Waals surface area contributed by atoms with Gasteiger partial charge in [-0.15, -0.1) is 10.2 Å². The zero-order valence-electron chi connectivity index (χ0n) is 14.0. The molecule has 130 valence electrons. The van der Waals surface area contributed by atoms with Crippen molar-refractivity contribution in [1.82, 2.24) is 14.8 Å². The Hall–Kier alpha value is -1.96. The fraction of sp³-hybridized carbons (Fsp3) is 0.562. The zero-order chi connectivity index (χ0) is 17.1. The largest absolute Gasteiger partial charge is 0.467 e. The van der Waals surface area contributed by atoms with Gasteiger partial charge in [0.25, 0.3) is 0 Å². The number of nitrogens with two attached hydrogens (primary N) is 1. The average Bonchev–Trinajstić information content (AvgIpc) is 3.18. The summed E-state index contributed by atoms with van der Waals surface area (Å²) < 4.78 is 7.50. The van der Waals surface area contributed by atoms with Crippen LogP contribution in [-0.2, 0) is 11.3 Å². The third-order valence-electron chi connectivity index (χ3n) is 4.21. The summed E-state index contributed by atoms with van der Waals surface area (Å²) in [6.07, 6.45) is 4.04. The van der Waals surface area contributed by atoms with E-state index in [1.165, 1.54) is 18.2 Å². The maximum absolute atomic E-state index is 11.4. The van der Waals surface area contributed by atoms with Gasteiger partial charge in [-0.05, 0) is 37.8 Å². The molecule has 0 bridgehead atoms. The van der Waals surface area contributed by atoms with E-state index in [-0.39, 0.29) is 11.2 Å². The quantitative estimate of drug-likeness (QED) is 0.804. The van der Waals surface area contributed by atoms with Gasteiger partial charge in [0.05, 0.1) is 18.1 Å². The summed E-state index contributed by atoms with van der Waals surface area (Å²) in [7, 11) is 0. The van der Waals surface area contributed by atoms with E-state index in [0.29, 0.717) is 17.6 Å².